The number of piperazine rings is 1. The molecular weight excluding hydrogens is 524 g/mol. The van der Waals surface area contributed by atoms with Crippen molar-refractivity contribution in [2.24, 2.45) is 0 Å². The minimum absolute atomic E-state index is 0.552. The molecule has 42 heavy (non-hydrogen) atoms. The minimum Gasteiger partial charge on any atom is -0.353 e. The van der Waals surface area contributed by atoms with Crippen molar-refractivity contribution in [1.29, 1.82) is 0 Å². The van der Waals surface area contributed by atoms with Crippen LogP contribution in [0.5, 0.6) is 0 Å². The number of aromatic nitrogens is 7. The fourth-order valence-corrected chi connectivity index (χ4v) is 6.26. The van der Waals surface area contributed by atoms with Gasteiger partial charge in [-0.2, -0.15) is 10.2 Å². The van der Waals surface area contributed by atoms with E-state index in [4.69, 9.17) is 15.1 Å². The lowest BCUT2D eigenvalue weighted by molar-refractivity contribution is -0.00867. The first-order valence-electron chi connectivity index (χ1n) is 14.8. The molecule has 2 N–H and O–H groups in total. The number of piperidine rings is 1. The van der Waals surface area contributed by atoms with E-state index in [-0.39, 0.29) is 0 Å². The summed E-state index contributed by atoms with van der Waals surface area (Å²) in [7, 11) is 0. The maximum atomic E-state index is 4.83. The summed E-state index contributed by atoms with van der Waals surface area (Å²) in [6.45, 7) is 6.92. The van der Waals surface area contributed by atoms with Gasteiger partial charge in [0.05, 0.1) is 11.4 Å². The Morgan fingerprint density at radius 3 is 2.48 bits per heavy atom. The molecular formula is C32H34N10. The highest BCUT2D eigenvalue weighted by atomic mass is 15.4. The molecule has 4 fully saturated rings. The van der Waals surface area contributed by atoms with Crippen molar-refractivity contribution in [3.63, 3.8) is 0 Å². The molecule has 2 atom stereocenters. The molecule has 4 aliphatic rings. The maximum absolute atomic E-state index is 4.83. The van der Waals surface area contributed by atoms with E-state index in [1.165, 1.54) is 30.5 Å². The van der Waals surface area contributed by atoms with Crippen LogP contribution in [0.15, 0.2) is 67.0 Å². The van der Waals surface area contributed by atoms with Crippen LogP contribution in [0.3, 0.4) is 0 Å². The van der Waals surface area contributed by atoms with Gasteiger partial charge in [0, 0.05) is 79.1 Å². The Balaban J connectivity index is 0.899. The third-order valence-corrected chi connectivity index (χ3v) is 8.66. The molecule has 7 heterocycles. The highest BCUT2D eigenvalue weighted by Crippen LogP contribution is 2.39. The summed E-state index contributed by atoms with van der Waals surface area (Å²) >= 11 is 0. The highest BCUT2D eigenvalue weighted by Gasteiger charge is 2.44. The van der Waals surface area contributed by atoms with Gasteiger partial charge in [-0.1, -0.05) is 12.1 Å². The maximum Gasteiger partial charge on any atom is 0.163 e. The Hall–Kier alpha value is -4.57. The highest BCUT2D eigenvalue weighted by molar-refractivity contribution is 5.61. The number of hydrogen-bond donors (Lipinski definition) is 2. The topological polar surface area (TPSA) is 104 Å². The Bertz CT molecular complexity index is 1710. The molecule has 10 heteroatoms. The van der Waals surface area contributed by atoms with Gasteiger partial charge < -0.3 is 10.2 Å². The number of H-pyrrole nitrogens is 1. The molecule has 2 unspecified atom stereocenters. The largest absolute Gasteiger partial charge is 0.353 e. The van der Waals surface area contributed by atoms with Gasteiger partial charge in [0.25, 0.3) is 0 Å². The lowest BCUT2D eigenvalue weighted by Crippen LogP contribution is -2.68. The average Bonchev–Trinajstić information content (AvgIpc) is 3.60. The van der Waals surface area contributed by atoms with Gasteiger partial charge in [0.2, 0.25) is 0 Å². The Morgan fingerprint density at radius 2 is 1.76 bits per heavy atom. The molecule has 212 valence electrons. The summed E-state index contributed by atoms with van der Waals surface area (Å²) in [5.41, 5.74) is 6.49. The molecule has 0 amide bonds. The van der Waals surface area contributed by atoms with E-state index < -0.39 is 0 Å². The number of hydrogen-bond acceptors (Lipinski definition) is 8. The number of benzene rings is 1. The van der Waals surface area contributed by atoms with Crippen LogP contribution in [-0.4, -0.2) is 65.0 Å². The van der Waals surface area contributed by atoms with E-state index in [1.54, 1.807) is 0 Å². The third kappa shape index (κ3) is 4.92. The van der Waals surface area contributed by atoms with Crippen molar-refractivity contribution >= 4 is 17.5 Å². The Labute approximate surface area is 244 Å². The predicted octanol–water partition coefficient (Wildman–Crippen LogP) is 5.15. The normalized spacial score (nSPS) is 20.0. The number of fused-ring (bicyclic) bond motifs is 2. The fraction of sp³-hybridized carbons (Fsp3) is 0.344. The first-order chi connectivity index (χ1) is 20.5. The summed E-state index contributed by atoms with van der Waals surface area (Å²) in [4.78, 5) is 19.3. The molecule has 10 nitrogen and oxygen atoms in total. The molecule has 0 spiro atoms. The van der Waals surface area contributed by atoms with Crippen molar-refractivity contribution in [1.82, 2.24) is 39.8 Å². The molecule has 1 aliphatic carbocycles. The number of aromatic amines is 1. The minimum atomic E-state index is 0.552. The van der Waals surface area contributed by atoms with Crippen LogP contribution >= 0.6 is 0 Å². The van der Waals surface area contributed by atoms with Gasteiger partial charge in [-0.3, -0.25) is 10.00 Å². The summed E-state index contributed by atoms with van der Waals surface area (Å²) in [5.74, 6) is 3.79. The summed E-state index contributed by atoms with van der Waals surface area (Å²) in [6.07, 6.45) is 7.79. The van der Waals surface area contributed by atoms with Crippen LogP contribution in [0.4, 0.5) is 17.5 Å². The van der Waals surface area contributed by atoms with Crippen LogP contribution in [-0.2, 0) is 6.54 Å². The van der Waals surface area contributed by atoms with Gasteiger partial charge in [0.1, 0.15) is 11.6 Å². The van der Waals surface area contributed by atoms with E-state index in [1.807, 2.05) is 36.9 Å². The molecule has 5 aromatic rings. The molecule has 4 aromatic heterocycles. The molecule has 9 rings (SSSR count). The standard InChI is InChI=1S/C32H34N10/c1-20-13-29(35-30-14-21(2)37-38-30)36-32(34-20)24-7-10-31(33-16-24)40-18-26-15-27(19-40)41(26)17-22-3-8-25(9-4-22)42-12-11-28(39-42)23-5-6-23/h3-4,7-14,16,23,26-27H,5-6,15,17-19H2,1-2H3,(H2,34,35,36,37,38). The molecule has 3 aliphatic heterocycles. The van der Waals surface area contributed by atoms with E-state index in [0.29, 0.717) is 29.6 Å². The van der Waals surface area contributed by atoms with Crippen molar-refractivity contribution in [3.05, 3.63) is 89.6 Å². The smallest absolute Gasteiger partial charge is 0.163 e. The van der Waals surface area contributed by atoms with Crippen LogP contribution in [0.2, 0.25) is 0 Å². The van der Waals surface area contributed by atoms with Gasteiger partial charge >= 0.3 is 0 Å². The predicted molar refractivity (Wildman–Crippen MR) is 162 cm³/mol. The number of pyridine rings is 1. The second kappa shape index (κ2) is 10.1. The molecule has 2 bridgehead atoms. The van der Waals surface area contributed by atoms with E-state index in [2.05, 4.69) is 79.0 Å². The first kappa shape index (κ1) is 25.2. The van der Waals surface area contributed by atoms with Gasteiger partial charge in [-0.15, -0.1) is 0 Å². The SMILES string of the molecule is Cc1cc(Nc2cc(C)[nH]n2)nc(-c2ccc(N3CC4CC(C3)N4Cc3ccc(-n4ccc(C5CC5)n4)cc3)nc2)n1. The molecule has 1 aromatic carbocycles. The Kier molecular flexibility index (Phi) is 6.03. The number of rotatable bonds is 8. The number of anilines is 3. The van der Waals surface area contributed by atoms with E-state index in [0.717, 1.165) is 53.9 Å². The van der Waals surface area contributed by atoms with Crippen molar-refractivity contribution in [2.45, 2.75) is 57.7 Å². The second-order valence-electron chi connectivity index (χ2n) is 11.9. The van der Waals surface area contributed by atoms with Crippen molar-refractivity contribution < 1.29 is 0 Å². The van der Waals surface area contributed by atoms with Crippen LogP contribution in [0.1, 0.15) is 47.8 Å². The van der Waals surface area contributed by atoms with E-state index >= 15 is 0 Å². The lowest BCUT2D eigenvalue weighted by atomic mass is 9.86. The monoisotopic (exact) mass is 558 g/mol. The third-order valence-electron chi connectivity index (χ3n) is 8.66. The van der Waals surface area contributed by atoms with Crippen LogP contribution in [0, 0.1) is 13.8 Å². The fourth-order valence-electron chi connectivity index (χ4n) is 6.26. The van der Waals surface area contributed by atoms with E-state index in [9.17, 15) is 0 Å². The molecule has 0 radical (unpaired) electrons. The number of aryl methyl sites for hydroxylation is 2. The lowest BCUT2D eigenvalue weighted by Gasteiger charge is -2.56. The summed E-state index contributed by atoms with van der Waals surface area (Å²) in [6, 6.07) is 20.2. The molecule has 3 saturated heterocycles. The average molecular weight is 559 g/mol. The van der Waals surface area contributed by atoms with Gasteiger partial charge in [-0.25, -0.2) is 19.6 Å². The summed E-state index contributed by atoms with van der Waals surface area (Å²) < 4.78 is 2.01. The number of nitrogens with one attached hydrogen (secondary N) is 2. The van der Waals surface area contributed by atoms with Gasteiger partial charge in [-0.05, 0) is 69.0 Å². The zero-order valence-corrected chi connectivity index (χ0v) is 23.9. The Morgan fingerprint density at radius 1 is 0.929 bits per heavy atom. The van der Waals surface area contributed by atoms with Crippen molar-refractivity contribution in [3.8, 4) is 17.1 Å². The summed E-state index contributed by atoms with van der Waals surface area (Å²) in [5, 5.41) is 15.2. The van der Waals surface area contributed by atoms with Gasteiger partial charge in [0.15, 0.2) is 11.6 Å². The zero-order chi connectivity index (χ0) is 28.2. The van der Waals surface area contributed by atoms with Crippen molar-refractivity contribution in [2.75, 3.05) is 23.3 Å². The first-order valence-corrected chi connectivity index (χ1v) is 14.8. The van der Waals surface area contributed by atoms with Crippen LogP contribution in [0.25, 0.3) is 17.1 Å². The second-order valence-corrected chi connectivity index (χ2v) is 11.9. The quantitative estimate of drug-likeness (QED) is 0.270. The number of nitrogens with zero attached hydrogens (tertiary/aromatic N) is 8. The van der Waals surface area contributed by atoms with Crippen LogP contribution < -0.4 is 10.2 Å². The zero-order valence-electron chi connectivity index (χ0n) is 23.9. The molecule has 1 saturated carbocycles.